The average molecular weight is 418 g/mol. The van der Waals surface area contributed by atoms with Gasteiger partial charge in [-0.3, -0.25) is 0 Å². The molecule has 2 aromatic rings. The van der Waals surface area contributed by atoms with Gasteiger partial charge in [0.05, 0.1) is 12.1 Å². The van der Waals surface area contributed by atoms with E-state index in [-0.39, 0.29) is 11.6 Å². The number of aliphatic hydroxyl groups is 1. The first kappa shape index (κ1) is 22.2. The molecule has 5 nitrogen and oxygen atoms in total. The lowest BCUT2D eigenvalue weighted by atomic mass is 9.90. The second kappa shape index (κ2) is 10.5. The van der Waals surface area contributed by atoms with Crippen molar-refractivity contribution in [1.82, 2.24) is 10.2 Å². The third-order valence-electron chi connectivity index (χ3n) is 5.63. The SMILES string of the molecule is CC(NC(=O)Nc1ccc(F)cc1)C(O)CN1CCC(Cc2ccc(F)cc2)CC1. The number of likely N-dealkylation sites (tertiary alicyclic amines) is 1. The summed E-state index contributed by atoms with van der Waals surface area (Å²) in [5, 5.41) is 15.8. The number of carbonyl (C=O) groups excluding carboxylic acids is 1. The molecule has 1 aliphatic heterocycles. The van der Waals surface area contributed by atoms with Gasteiger partial charge in [0, 0.05) is 12.2 Å². The first-order valence-corrected chi connectivity index (χ1v) is 10.4. The lowest BCUT2D eigenvalue weighted by Gasteiger charge is -2.34. The van der Waals surface area contributed by atoms with E-state index in [0.717, 1.165) is 37.9 Å². The third-order valence-corrected chi connectivity index (χ3v) is 5.63. The summed E-state index contributed by atoms with van der Waals surface area (Å²) in [7, 11) is 0. The van der Waals surface area contributed by atoms with Crippen molar-refractivity contribution in [3.8, 4) is 0 Å². The maximum absolute atomic E-state index is 13.0. The molecule has 0 radical (unpaired) electrons. The standard InChI is InChI=1S/C23H29F2N3O2/c1-16(26-23(30)27-21-8-6-20(25)7-9-21)22(29)15-28-12-10-18(11-13-28)14-17-2-4-19(24)5-3-17/h2-9,16,18,22,29H,10-15H2,1H3,(H2,26,27,30). The molecule has 2 aromatic carbocycles. The summed E-state index contributed by atoms with van der Waals surface area (Å²) >= 11 is 0. The molecular formula is C23H29F2N3O2. The normalized spacial score (nSPS) is 17.3. The van der Waals surface area contributed by atoms with Crippen LogP contribution in [0.2, 0.25) is 0 Å². The molecule has 1 heterocycles. The van der Waals surface area contributed by atoms with E-state index in [1.165, 1.54) is 36.4 Å². The van der Waals surface area contributed by atoms with Gasteiger partial charge < -0.3 is 20.6 Å². The number of anilines is 1. The van der Waals surface area contributed by atoms with Crippen molar-refractivity contribution >= 4 is 11.7 Å². The van der Waals surface area contributed by atoms with E-state index >= 15 is 0 Å². The molecule has 1 fully saturated rings. The van der Waals surface area contributed by atoms with Crippen LogP contribution in [-0.2, 0) is 6.42 Å². The highest BCUT2D eigenvalue weighted by molar-refractivity contribution is 5.89. The lowest BCUT2D eigenvalue weighted by Crippen LogP contribution is -2.49. The van der Waals surface area contributed by atoms with E-state index in [1.807, 2.05) is 12.1 Å². The van der Waals surface area contributed by atoms with Crippen molar-refractivity contribution in [2.24, 2.45) is 5.92 Å². The van der Waals surface area contributed by atoms with E-state index < -0.39 is 18.2 Å². The minimum atomic E-state index is -0.697. The molecule has 2 unspecified atom stereocenters. The number of nitrogens with one attached hydrogen (secondary N) is 2. The smallest absolute Gasteiger partial charge is 0.319 e. The highest BCUT2D eigenvalue weighted by Gasteiger charge is 2.24. The number of amides is 2. The second-order valence-electron chi connectivity index (χ2n) is 8.04. The van der Waals surface area contributed by atoms with E-state index in [9.17, 15) is 18.7 Å². The number of piperidine rings is 1. The summed E-state index contributed by atoms with van der Waals surface area (Å²) in [5.41, 5.74) is 1.64. The van der Waals surface area contributed by atoms with E-state index in [4.69, 9.17) is 0 Å². The minimum Gasteiger partial charge on any atom is -0.390 e. The maximum Gasteiger partial charge on any atom is 0.319 e. The van der Waals surface area contributed by atoms with Gasteiger partial charge in [0.25, 0.3) is 0 Å². The lowest BCUT2D eigenvalue weighted by molar-refractivity contribution is 0.0701. The molecule has 1 aliphatic rings. The summed E-state index contributed by atoms with van der Waals surface area (Å²) in [6.07, 6.45) is 2.30. The summed E-state index contributed by atoms with van der Waals surface area (Å²) in [5.74, 6) is -0.0243. The molecular weight excluding hydrogens is 388 g/mol. The fraction of sp³-hybridized carbons (Fsp3) is 0.435. The molecule has 0 aliphatic carbocycles. The molecule has 3 rings (SSSR count). The Kier molecular flexibility index (Phi) is 7.76. The number of urea groups is 1. The molecule has 162 valence electrons. The Bertz CT molecular complexity index is 806. The van der Waals surface area contributed by atoms with Crippen LogP contribution in [0.3, 0.4) is 0 Å². The number of halogens is 2. The van der Waals surface area contributed by atoms with Crippen molar-refractivity contribution in [1.29, 1.82) is 0 Å². The van der Waals surface area contributed by atoms with Gasteiger partial charge in [-0.1, -0.05) is 12.1 Å². The molecule has 3 N–H and O–H groups in total. The van der Waals surface area contributed by atoms with Crippen LogP contribution >= 0.6 is 0 Å². The Morgan fingerprint density at radius 2 is 1.63 bits per heavy atom. The number of benzene rings is 2. The number of aliphatic hydroxyl groups excluding tert-OH is 1. The van der Waals surface area contributed by atoms with Crippen LogP contribution in [0, 0.1) is 17.6 Å². The van der Waals surface area contributed by atoms with Crippen LogP contribution in [0.5, 0.6) is 0 Å². The minimum absolute atomic E-state index is 0.211. The average Bonchev–Trinajstić information content (AvgIpc) is 2.72. The molecule has 0 aromatic heterocycles. The van der Waals surface area contributed by atoms with Gasteiger partial charge in [0.1, 0.15) is 11.6 Å². The van der Waals surface area contributed by atoms with Gasteiger partial charge in [-0.25, -0.2) is 13.6 Å². The number of hydrogen-bond donors (Lipinski definition) is 3. The van der Waals surface area contributed by atoms with Crippen LogP contribution < -0.4 is 10.6 Å². The van der Waals surface area contributed by atoms with Gasteiger partial charge in [0.2, 0.25) is 0 Å². The summed E-state index contributed by atoms with van der Waals surface area (Å²) in [6.45, 7) is 4.02. The maximum atomic E-state index is 13.0. The molecule has 30 heavy (non-hydrogen) atoms. The first-order valence-electron chi connectivity index (χ1n) is 10.4. The Morgan fingerprint density at radius 3 is 2.23 bits per heavy atom. The van der Waals surface area contributed by atoms with E-state index in [2.05, 4.69) is 15.5 Å². The Labute approximate surface area is 176 Å². The van der Waals surface area contributed by atoms with Crippen molar-refractivity contribution in [2.75, 3.05) is 25.0 Å². The monoisotopic (exact) mass is 417 g/mol. The van der Waals surface area contributed by atoms with Crippen molar-refractivity contribution in [3.05, 3.63) is 65.7 Å². The largest absolute Gasteiger partial charge is 0.390 e. The molecule has 2 atom stereocenters. The zero-order valence-electron chi connectivity index (χ0n) is 17.2. The topological polar surface area (TPSA) is 64.6 Å². The van der Waals surface area contributed by atoms with Crippen LogP contribution in [0.4, 0.5) is 19.3 Å². The summed E-state index contributed by atoms with van der Waals surface area (Å²) in [6, 6.07) is 11.3. The second-order valence-corrected chi connectivity index (χ2v) is 8.04. The number of β-amino-alcohol motifs (C(OH)–C–C–N with tert-alkyl or cyclic N) is 1. The molecule has 0 spiro atoms. The Balaban J connectivity index is 1.38. The number of carbonyl (C=O) groups is 1. The Hall–Kier alpha value is -2.51. The number of hydrogen-bond acceptors (Lipinski definition) is 3. The highest BCUT2D eigenvalue weighted by Crippen LogP contribution is 2.22. The third kappa shape index (κ3) is 6.78. The quantitative estimate of drug-likeness (QED) is 0.642. The van der Waals surface area contributed by atoms with Gasteiger partial charge in [-0.05, 0) is 87.2 Å². The zero-order chi connectivity index (χ0) is 21.5. The highest BCUT2D eigenvalue weighted by atomic mass is 19.1. The van der Waals surface area contributed by atoms with Crippen LogP contribution in [0.25, 0.3) is 0 Å². The van der Waals surface area contributed by atoms with Gasteiger partial charge in [-0.2, -0.15) is 0 Å². The summed E-state index contributed by atoms with van der Waals surface area (Å²) < 4.78 is 26.0. The molecule has 7 heteroatoms. The predicted molar refractivity (Wildman–Crippen MR) is 113 cm³/mol. The fourth-order valence-corrected chi connectivity index (χ4v) is 3.75. The van der Waals surface area contributed by atoms with Crippen LogP contribution in [0.15, 0.2) is 48.5 Å². The molecule has 2 amide bonds. The zero-order valence-corrected chi connectivity index (χ0v) is 17.2. The van der Waals surface area contributed by atoms with E-state index in [0.29, 0.717) is 18.2 Å². The van der Waals surface area contributed by atoms with Crippen LogP contribution in [-0.4, -0.2) is 47.8 Å². The molecule has 1 saturated heterocycles. The number of rotatable bonds is 7. The van der Waals surface area contributed by atoms with Gasteiger partial charge in [-0.15, -0.1) is 0 Å². The van der Waals surface area contributed by atoms with Gasteiger partial charge in [0.15, 0.2) is 0 Å². The Morgan fingerprint density at radius 1 is 1.07 bits per heavy atom. The molecule has 0 saturated carbocycles. The van der Waals surface area contributed by atoms with E-state index in [1.54, 1.807) is 6.92 Å². The molecule has 0 bridgehead atoms. The van der Waals surface area contributed by atoms with Crippen molar-refractivity contribution < 1.29 is 18.7 Å². The van der Waals surface area contributed by atoms with Crippen molar-refractivity contribution in [2.45, 2.75) is 38.3 Å². The fourth-order valence-electron chi connectivity index (χ4n) is 3.75. The summed E-state index contributed by atoms with van der Waals surface area (Å²) in [4.78, 5) is 14.3. The van der Waals surface area contributed by atoms with Crippen LogP contribution in [0.1, 0.15) is 25.3 Å². The first-order chi connectivity index (χ1) is 14.4. The predicted octanol–water partition coefficient (Wildman–Crippen LogP) is 3.79. The number of nitrogens with zero attached hydrogens (tertiary/aromatic N) is 1. The van der Waals surface area contributed by atoms with Crippen molar-refractivity contribution in [3.63, 3.8) is 0 Å². The van der Waals surface area contributed by atoms with Gasteiger partial charge >= 0.3 is 6.03 Å².